The van der Waals surface area contributed by atoms with E-state index in [9.17, 15) is 9.90 Å². The highest BCUT2D eigenvalue weighted by molar-refractivity contribution is 5.91. The van der Waals surface area contributed by atoms with Gasteiger partial charge in [-0.1, -0.05) is 13.2 Å². The highest BCUT2D eigenvalue weighted by Crippen LogP contribution is 2.38. The summed E-state index contributed by atoms with van der Waals surface area (Å²) in [5, 5.41) is 9.83. The van der Waals surface area contributed by atoms with Crippen molar-refractivity contribution in [1.29, 1.82) is 0 Å². The molecule has 14 heavy (non-hydrogen) atoms. The average Bonchev–Trinajstić information content (AvgIpc) is 2.35. The lowest BCUT2D eigenvalue weighted by atomic mass is 9.89. The van der Waals surface area contributed by atoms with E-state index in [-0.39, 0.29) is 18.0 Å². The van der Waals surface area contributed by atoms with Gasteiger partial charge in [0, 0.05) is 5.57 Å². The largest absolute Gasteiger partial charge is 0.454 e. The molecule has 1 N–H and O–H groups in total. The molecule has 0 aromatic heterocycles. The molecule has 0 aromatic rings. The molecule has 0 aromatic carbocycles. The molecule has 0 spiro atoms. The summed E-state index contributed by atoms with van der Waals surface area (Å²) >= 11 is 0. The van der Waals surface area contributed by atoms with Gasteiger partial charge in [-0.2, -0.15) is 0 Å². The Morgan fingerprint density at radius 2 is 2.14 bits per heavy atom. The van der Waals surface area contributed by atoms with Crippen molar-refractivity contribution in [2.24, 2.45) is 5.92 Å². The number of aliphatic hydroxyl groups excluding tert-OH is 1. The van der Waals surface area contributed by atoms with E-state index in [2.05, 4.69) is 13.2 Å². The highest BCUT2D eigenvalue weighted by atomic mass is 16.6. The first kappa shape index (κ1) is 9.46. The molecule has 1 aliphatic carbocycles. The van der Waals surface area contributed by atoms with Gasteiger partial charge in [0.1, 0.15) is 6.10 Å². The Balaban J connectivity index is 2.32. The predicted octanol–water partition coefficient (Wildman–Crippen LogP) is 1.19. The Morgan fingerprint density at radius 1 is 1.43 bits per heavy atom. The molecule has 3 atom stereocenters. The van der Waals surface area contributed by atoms with Crippen LogP contribution in [0.2, 0.25) is 0 Å². The first-order valence-electron chi connectivity index (χ1n) is 4.87. The number of rotatable bonds is 0. The van der Waals surface area contributed by atoms with E-state index < -0.39 is 6.10 Å². The van der Waals surface area contributed by atoms with Crippen LogP contribution >= 0.6 is 0 Å². The summed E-state index contributed by atoms with van der Waals surface area (Å²) in [4.78, 5) is 11.3. The molecule has 2 rings (SSSR count). The molecule has 0 unspecified atom stereocenters. The van der Waals surface area contributed by atoms with Gasteiger partial charge in [-0.3, -0.25) is 0 Å². The zero-order chi connectivity index (χ0) is 10.3. The van der Waals surface area contributed by atoms with E-state index in [1.807, 2.05) is 0 Å². The number of aliphatic hydroxyl groups is 1. The summed E-state index contributed by atoms with van der Waals surface area (Å²) in [6.45, 7) is 7.56. The first-order valence-corrected chi connectivity index (χ1v) is 4.87. The molecular formula is C11H14O3. The van der Waals surface area contributed by atoms with Crippen molar-refractivity contribution in [3.63, 3.8) is 0 Å². The lowest BCUT2D eigenvalue weighted by Gasteiger charge is -2.19. The van der Waals surface area contributed by atoms with Gasteiger partial charge in [0.05, 0.1) is 12.0 Å². The summed E-state index contributed by atoms with van der Waals surface area (Å²) in [6, 6.07) is 0. The number of carbonyl (C=O) groups excluding carboxylic acids is 1. The van der Waals surface area contributed by atoms with Crippen molar-refractivity contribution in [2.45, 2.75) is 31.5 Å². The van der Waals surface area contributed by atoms with Crippen molar-refractivity contribution in [1.82, 2.24) is 0 Å². The minimum Gasteiger partial charge on any atom is -0.454 e. The summed E-state index contributed by atoms with van der Waals surface area (Å²) in [5.74, 6) is -0.653. The summed E-state index contributed by atoms with van der Waals surface area (Å²) in [7, 11) is 0. The quantitative estimate of drug-likeness (QED) is 0.358. The fraction of sp³-hybridized carbons (Fsp3) is 0.545. The van der Waals surface area contributed by atoms with E-state index >= 15 is 0 Å². The van der Waals surface area contributed by atoms with Gasteiger partial charge >= 0.3 is 5.97 Å². The number of hydrogen-bond donors (Lipinski definition) is 1. The zero-order valence-electron chi connectivity index (χ0n) is 8.03. The van der Waals surface area contributed by atoms with Gasteiger partial charge in [-0.15, -0.1) is 0 Å². The molecule has 76 valence electrons. The van der Waals surface area contributed by atoms with Crippen LogP contribution < -0.4 is 0 Å². The van der Waals surface area contributed by atoms with Crippen LogP contribution in [0, 0.1) is 5.92 Å². The second-order valence-corrected chi connectivity index (χ2v) is 3.99. The number of carbonyl (C=O) groups is 1. The molecule has 0 radical (unpaired) electrons. The van der Waals surface area contributed by atoms with Gasteiger partial charge in [0.15, 0.2) is 0 Å². The highest BCUT2D eigenvalue weighted by Gasteiger charge is 2.45. The van der Waals surface area contributed by atoms with Crippen LogP contribution in [0.1, 0.15) is 19.3 Å². The Kier molecular flexibility index (Phi) is 2.19. The van der Waals surface area contributed by atoms with E-state index in [0.29, 0.717) is 12.0 Å². The van der Waals surface area contributed by atoms with Crippen molar-refractivity contribution in [3.8, 4) is 0 Å². The van der Waals surface area contributed by atoms with Crippen LogP contribution in [-0.4, -0.2) is 23.3 Å². The molecule has 2 fully saturated rings. The molecule has 3 nitrogen and oxygen atoms in total. The lowest BCUT2D eigenvalue weighted by molar-refractivity contribution is -0.138. The van der Waals surface area contributed by atoms with E-state index in [1.165, 1.54) is 0 Å². The normalized spacial score (nSPS) is 37.8. The third-order valence-electron chi connectivity index (χ3n) is 3.04. The van der Waals surface area contributed by atoms with Crippen LogP contribution in [-0.2, 0) is 9.53 Å². The summed E-state index contributed by atoms with van der Waals surface area (Å²) in [6.07, 6.45) is 1.55. The maximum absolute atomic E-state index is 11.3. The summed E-state index contributed by atoms with van der Waals surface area (Å²) < 4.78 is 5.14. The third-order valence-corrected chi connectivity index (χ3v) is 3.04. The molecule has 1 aliphatic heterocycles. The van der Waals surface area contributed by atoms with Gasteiger partial charge in [-0.25, -0.2) is 4.79 Å². The van der Waals surface area contributed by atoms with E-state index in [1.54, 1.807) is 0 Å². The maximum Gasteiger partial charge on any atom is 0.334 e. The summed E-state index contributed by atoms with van der Waals surface area (Å²) in [5.41, 5.74) is 1.30. The monoisotopic (exact) mass is 194 g/mol. The molecule has 0 bridgehead atoms. The van der Waals surface area contributed by atoms with Crippen molar-refractivity contribution >= 4 is 5.97 Å². The van der Waals surface area contributed by atoms with Crippen LogP contribution in [0.4, 0.5) is 0 Å². The van der Waals surface area contributed by atoms with Crippen molar-refractivity contribution < 1.29 is 14.6 Å². The van der Waals surface area contributed by atoms with Crippen LogP contribution in [0.15, 0.2) is 24.3 Å². The number of fused-ring (bicyclic) bond motifs is 1. The SMILES string of the molecule is C=C1C(=O)O[C@H]2C(=C)CCC[C@@H](O)[C@@H]12. The molecule has 1 heterocycles. The van der Waals surface area contributed by atoms with Crippen molar-refractivity contribution in [2.75, 3.05) is 0 Å². The fourth-order valence-electron chi connectivity index (χ4n) is 2.21. The molecule has 2 aliphatic rings. The van der Waals surface area contributed by atoms with Crippen LogP contribution in [0.25, 0.3) is 0 Å². The first-order chi connectivity index (χ1) is 6.61. The van der Waals surface area contributed by atoms with Crippen LogP contribution in [0.5, 0.6) is 0 Å². The number of ether oxygens (including phenoxy) is 1. The molecule has 1 saturated carbocycles. The third kappa shape index (κ3) is 1.28. The van der Waals surface area contributed by atoms with Gasteiger partial charge < -0.3 is 9.84 Å². The molecule has 1 saturated heterocycles. The Bertz CT molecular complexity index is 306. The minimum atomic E-state index is -0.516. The smallest absolute Gasteiger partial charge is 0.334 e. The zero-order valence-corrected chi connectivity index (χ0v) is 8.03. The van der Waals surface area contributed by atoms with Gasteiger partial charge in [-0.05, 0) is 24.8 Å². The van der Waals surface area contributed by atoms with Crippen molar-refractivity contribution in [3.05, 3.63) is 24.3 Å². The maximum atomic E-state index is 11.3. The topological polar surface area (TPSA) is 46.5 Å². The number of hydrogen-bond acceptors (Lipinski definition) is 3. The Labute approximate surface area is 83.1 Å². The predicted molar refractivity (Wildman–Crippen MR) is 51.5 cm³/mol. The number of esters is 1. The Hall–Kier alpha value is -1.09. The minimum absolute atomic E-state index is 0.266. The van der Waals surface area contributed by atoms with Gasteiger partial charge in [0.25, 0.3) is 0 Å². The van der Waals surface area contributed by atoms with E-state index in [0.717, 1.165) is 18.4 Å². The molecular weight excluding hydrogens is 180 g/mol. The average molecular weight is 194 g/mol. The molecule has 3 heteroatoms. The molecule has 0 amide bonds. The van der Waals surface area contributed by atoms with Gasteiger partial charge in [0.2, 0.25) is 0 Å². The van der Waals surface area contributed by atoms with E-state index in [4.69, 9.17) is 4.74 Å². The lowest BCUT2D eigenvalue weighted by Crippen LogP contribution is -2.27. The second kappa shape index (κ2) is 3.24. The van der Waals surface area contributed by atoms with Crippen LogP contribution in [0.3, 0.4) is 0 Å². The standard InChI is InChI=1S/C11H14O3/c1-6-4-3-5-8(12)9-7(2)11(13)14-10(6)9/h8-10,12H,1-5H2/t8-,9-,10+/m1/s1. The second-order valence-electron chi connectivity index (χ2n) is 3.99. The Morgan fingerprint density at radius 3 is 2.86 bits per heavy atom. The fourth-order valence-corrected chi connectivity index (χ4v) is 2.21.